The van der Waals surface area contributed by atoms with Crippen molar-refractivity contribution in [2.24, 2.45) is 0 Å². The minimum Gasteiger partial charge on any atom is -0.289 e. The molecule has 0 aliphatic carbocycles. The van der Waals surface area contributed by atoms with Gasteiger partial charge in [0.2, 0.25) is 0 Å². The Labute approximate surface area is 76.5 Å². The Kier molecular flexibility index (Phi) is 3.61. The lowest BCUT2D eigenvalue weighted by Crippen LogP contribution is -1.91. The number of rotatable bonds is 3. The van der Waals surface area contributed by atoms with Crippen LogP contribution in [0.25, 0.3) is 0 Å². The first kappa shape index (κ1) is 9.07. The predicted octanol–water partition coefficient (Wildman–Crippen LogP) is 2.75. The third-order valence-electron chi connectivity index (χ3n) is 1.41. The minimum absolute atomic E-state index is 0.0601. The molecule has 2 heteroatoms. The van der Waals surface area contributed by atoms with Gasteiger partial charge in [-0.05, 0) is 17.7 Å². The van der Waals surface area contributed by atoms with Crippen LogP contribution in [0.3, 0.4) is 0 Å². The van der Waals surface area contributed by atoms with Gasteiger partial charge in [-0.25, -0.2) is 0 Å². The first-order valence-electron chi connectivity index (χ1n) is 3.63. The van der Waals surface area contributed by atoms with Crippen molar-refractivity contribution in [3.63, 3.8) is 0 Å². The quantitative estimate of drug-likeness (QED) is 0.523. The second kappa shape index (κ2) is 4.78. The largest absolute Gasteiger partial charge is 0.289 e. The molecule has 0 fully saturated rings. The number of carbonyl (C=O) groups excluding carboxylic acids is 1. The lowest BCUT2D eigenvalue weighted by molar-refractivity contribution is 0.104. The third-order valence-corrected chi connectivity index (χ3v) is 1.82. The Morgan fingerprint density at radius 3 is 2.58 bits per heavy atom. The number of carbonyl (C=O) groups is 1. The molecule has 0 amide bonds. The van der Waals surface area contributed by atoms with Crippen molar-refractivity contribution < 1.29 is 4.79 Å². The molecule has 1 nitrogen and oxygen atoms in total. The van der Waals surface area contributed by atoms with Crippen molar-refractivity contribution in [2.45, 2.75) is 0 Å². The SMILES string of the molecule is CSC=CC(=O)c1ccccc1. The minimum atomic E-state index is 0.0601. The zero-order valence-corrected chi connectivity index (χ0v) is 7.67. The number of hydrogen-bond acceptors (Lipinski definition) is 2. The van der Waals surface area contributed by atoms with Crippen LogP contribution in [0.2, 0.25) is 0 Å². The fourth-order valence-corrected chi connectivity index (χ4v) is 1.09. The van der Waals surface area contributed by atoms with Crippen LogP contribution < -0.4 is 0 Å². The van der Waals surface area contributed by atoms with Gasteiger partial charge in [0.15, 0.2) is 5.78 Å². The van der Waals surface area contributed by atoms with Crippen LogP contribution >= 0.6 is 11.8 Å². The van der Waals surface area contributed by atoms with Crippen LogP contribution in [0, 0.1) is 0 Å². The van der Waals surface area contributed by atoms with Crippen LogP contribution in [-0.2, 0) is 0 Å². The fourth-order valence-electron chi connectivity index (χ4n) is 0.828. The molecule has 0 saturated heterocycles. The van der Waals surface area contributed by atoms with E-state index in [1.807, 2.05) is 36.6 Å². The van der Waals surface area contributed by atoms with Crippen molar-refractivity contribution in [2.75, 3.05) is 6.26 Å². The lowest BCUT2D eigenvalue weighted by Gasteiger charge is -1.92. The zero-order chi connectivity index (χ0) is 8.81. The molecule has 0 spiro atoms. The van der Waals surface area contributed by atoms with E-state index >= 15 is 0 Å². The second-order valence-electron chi connectivity index (χ2n) is 2.27. The van der Waals surface area contributed by atoms with Crippen LogP contribution in [0.15, 0.2) is 41.8 Å². The molecule has 0 bridgehead atoms. The van der Waals surface area contributed by atoms with Crippen molar-refractivity contribution in [3.8, 4) is 0 Å². The van der Waals surface area contributed by atoms with Gasteiger partial charge in [-0.15, -0.1) is 11.8 Å². The van der Waals surface area contributed by atoms with Gasteiger partial charge in [0.05, 0.1) is 0 Å². The summed E-state index contributed by atoms with van der Waals surface area (Å²) >= 11 is 1.52. The molecule has 0 aliphatic heterocycles. The molecule has 0 radical (unpaired) electrons. The first-order chi connectivity index (χ1) is 5.84. The molecule has 0 aromatic heterocycles. The van der Waals surface area contributed by atoms with Gasteiger partial charge in [0.25, 0.3) is 0 Å². The number of benzene rings is 1. The second-order valence-corrected chi connectivity index (χ2v) is 3.01. The summed E-state index contributed by atoms with van der Waals surface area (Å²) in [5.74, 6) is 0.0601. The monoisotopic (exact) mass is 178 g/mol. The summed E-state index contributed by atoms with van der Waals surface area (Å²) < 4.78 is 0. The smallest absolute Gasteiger partial charge is 0.186 e. The maximum atomic E-state index is 11.3. The maximum Gasteiger partial charge on any atom is 0.186 e. The topological polar surface area (TPSA) is 17.1 Å². The van der Waals surface area contributed by atoms with Crippen molar-refractivity contribution in [3.05, 3.63) is 47.4 Å². The molecule has 0 heterocycles. The Morgan fingerprint density at radius 1 is 1.33 bits per heavy atom. The molecule has 0 atom stereocenters. The average Bonchev–Trinajstić information content (AvgIpc) is 2.15. The zero-order valence-electron chi connectivity index (χ0n) is 6.86. The van der Waals surface area contributed by atoms with Crippen LogP contribution in [0.1, 0.15) is 10.4 Å². The summed E-state index contributed by atoms with van der Waals surface area (Å²) in [6.45, 7) is 0. The van der Waals surface area contributed by atoms with Gasteiger partial charge >= 0.3 is 0 Å². The Hall–Kier alpha value is -1.02. The Bertz CT molecular complexity index is 277. The summed E-state index contributed by atoms with van der Waals surface area (Å²) in [5.41, 5.74) is 0.739. The summed E-state index contributed by atoms with van der Waals surface area (Å²) in [6.07, 6.45) is 3.51. The number of allylic oxidation sites excluding steroid dienone is 1. The summed E-state index contributed by atoms with van der Waals surface area (Å²) in [7, 11) is 0. The molecule has 1 aromatic rings. The first-order valence-corrected chi connectivity index (χ1v) is 4.92. The van der Waals surface area contributed by atoms with E-state index < -0.39 is 0 Å². The van der Waals surface area contributed by atoms with Crippen LogP contribution in [0.4, 0.5) is 0 Å². The van der Waals surface area contributed by atoms with E-state index in [0.717, 1.165) is 5.56 Å². The highest BCUT2D eigenvalue weighted by molar-refractivity contribution is 8.01. The molecular weight excluding hydrogens is 168 g/mol. The summed E-state index contributed by atoms with van der Waals surface area (Å²) in [5, 5.41) is 1.79. The molecule has 1 aromatic carbocycles. The Morgan fingerprint density at radius 2 is 2.00 bits per heavy atom. The summed E-state index contributed by atoms with van der Waals surface area (Å²) in [6, 6.07) is 9.25. The predicted molar refractivity (Wildman–Crippen MR) is 53.4 cm³/mol. The molecule has 12 heavy (non-hydrogen) atoms. The molecule has 1 rings (SSSR count). The molecule has 0 unspecified atom stereocenters. The van der Waals surface area contributed by atoms with E-state index in [0.29, 0.717) is 0 Å². The highest BCUT2D eigenvalue weighted by Crippen LogP contribution is 2.02. The van der Waals surface area contributed by atoms with Gasteiger partial charge in [-0.3, -0.25) is 4.79 Å². The van der Waals surface area contributed by atoms with Crippen LogP contribution in [-0.4, -0.2) is 12.0 Å². The molecule has 0 saturated carbocycles. The normalized spacial score (nSPS) is 10.4. The number of hydrogen-bond donors (Lipinski definition) is 0. The summed E-state index contributed by atoms with van der Waals surface area (Å²) in [4.78, 5) is 11.3. The van der Waals surface area contributed by atoms with Crippen molar-refractivity contribution in [1.29, 1.82) is 0 Å². The highest BCUT2D eigenvalue weighted by atomic mass is 32.2. The van der Waals surface area contributed by atoms with Gasteiger partial charge in [-0.2, -0.15) is 0 Å². The van der Waals surface area contributed by atoms with E-state index in [1.54, 1.807) is 11.5 Å². The fraction of sp³-hybridized carbons (Fsp3) is 0.100. The Balaban J connectivity index is 2.72. The maximum absolute atomic E-state index is 11.3. The van der Waals surface area contributed by atoms with Crippen LogP contribution in [0.5, 0.6) is 0 Å². The number of thioether (sulfide) groups is 1. The van der Waals surface area contributed by atoms with E-state index in [-0.39, 0.29) is 5.78 Å². The number of ketones is 1. The third kappa shape index (κ3) is 2.55. The van der Waals surface area contributed by atoms with E-state index in [2.05, 4.69) is 0 Å². The van der Waals surface area contributed by atoms with Crippen molar-refractivity contribution >= 4 is 17.5 Å². The van der Waals surface area contributed by atoms with Gasteiger partial charge in [-0.1, -0.05) is 30.3 Å². The standard InChI is InChI=1S/C10H10OS/c1-12-8-7-10(11)9-5-3-2-4-6-9/h2-8H,1H3. The van der Waals surface area contributed by atoms with Gasteiger partial charge in [0, 0.05) is 5.56 Å². The van der Waals surface area contributed by atoms with Crippen molar-refractivity contribution in [1.82, 2.24) is 0 Å². The van der Waals surface area contributed by atoms with E-state index in [9.17, 15) is 4.79 Å². The van der Waals surface area contributed by atoms with Gasteiger partial charge in [0.1, 0.15) is 0 Å². The van der Waals surface area contributed by atoms with Gasteiger partial charge < -0.3 is 0 Å². The average molecular weight is 178 g/mol. The molecule has 0 N–H and O–H groups in total. The van der Waals surface area contributed by atoms with E-state index in [4.69, 9.17) is 0 Å². The van der Waals surface area contributed by atoms with E-state index in [1.165, 1.54) is 11.8 Å². The molecular formula is C10H10OS. The lowest BCUT2D eigenvalue weighted by atomic mass is 10.1. The molecule has 62 valence electrons. The molecule has 0 aliphatic rings. The highest BCUT2D eigenvalue weighted by Gasteiger charge is 1.97.